The Morgan fingerprint density at radius 2 is 1.79 bits per heavy atom. The number of benzene rings is 2. The molecule has 0 aliphatic rings. The standard InChI is InChI=1S/C17H18O2/c1-3-13-5-4-6-15(11-13)17(18)12-14-7-9-16(19-2)10-8-14/h4-11H,3,12H2,1-2H3. The molecule has 0 bridgehead atoms. The number of ether oxygens (including phenoxy) is 1. The lowest BCUT2D eigenvalue weighted by Crippen LogP contribution is -2.04. The zero-order valence-electron chi connectivity index (χ0n) is 11.3. The van der Waals surface area contributed by atoms with Crippen LogP contribution in [0.25, 0.3) is 0 Å². The molecule has 0 aromatic heterocycles. The highest BCUT2D eigenvalue weighted by Gasteiger charge is 2.07. The molecule has 0 amide bonds. The summed E-state index contributed by atoms with van der Waals surface area (Å²) in [5, 5.41) is 0. The topological polar surface area (TPSA) is 26.3 Å². The zero-order valence-corrected chi connectivity index (χ0v) is 11.3. The van der Waals surface area contributed by atoms with Crippen molar-refractivity contribution < 1.29 is 9.53 Å². The van der Waals surface area contributed by atoms with Gasteiger partial charge in [0.15, 0.2) is 5.78 Å². The summed E-state index contributed by atoms with van der Waals surface area (Å²) in [7, 11) is 1.64. The van der Waals surface area contributed by atoms with E-state index in [1.54, 1.807) is 7.11 Å². The zero-order chi connectivity index (χ0) is 13.7. The molecule has 0 aliphatic heterocycles. The average molecular weight is 254 g/mol. The van der Waals surface area contributed by atoms with Crippen molar-refractivity contribution in [3.05, 3.63) is 65.2 Å². The van der Waals surface area contributed by atoms with Crippen LogP contribution in [0.3, 0.4) is 0 Å². The van der Waals surface area contributed by atoms with E-state index in [0.29, 0.717) is 6.42 Å². The Morgan fingerprint density at radius 3 is 2.42 bits per heavy atom. The van der Waals surface area contributed by atoms with Crippen LogP contribution < -0.4 is 4.74 Å². The molecule has 0 saturated heterocycles. The SMILES string of the molecule is CCc1cccc(C(=O)Cc2ccc(OC)cc2)c1. The first-order valence-electron chi connectivity index (χ1n) is 6.48. The number of aryl methyl sites for hydroxylation is 1. The van der Waals surface area contributed by atoms with Gasteiger partial charge in [-0.2, -0.15) is 0 Å². The minimum absolute atomic E-state index is 0.153. The van der Waals surface area contributed by atoms with E-state index in [4.69, 9.17) is 4.74 Å². The number of hydrogen-bond acceptors (Lipinski definition) is 2. The second kappa shape index (κ2) is 6.19. The molecule has 0 aliphatic carbocycles. The van der Waals surface area contributed by atoms with Crippen LogP contribution >= 0.6 is 0 Å². The molecule has 0 N–H and O–H groups in total. The van der Waals surface area contributed by atoms with Gasteiger partial charge in [-0.3, -0.25) is 4.79 Å². The maximum absolute atomic E-state index is 12.2. The van der Waals surface area contributed by atoms with Gasteiger partial charge in [0.1, 0.15) is 5.75 Å². The van der Waals surface area contributed by atoms with E-state index >= 15 is 0 Å². The molecule has 0 radical (unpaired) electrons. The van der Waals surface area contributed by atoms with Crippen molar-refractivity contribution in [2.75, 3.05) is 7.11 Å². The Morgan fingerprint density at radius 1 is 1.05 bits per heavy atom. The van der Waals surface area contributed by atoms with Crippen molar-refractivity contribution in [3.63, 3.8) is 0 Å². The lowest BCUT2D eigenvalue weighted by Gasteiger charge is -2.05. The van der Waals surface area contributed by atoms with Gasteiger partial charge >= 0.3 is 0 Å². The van der Waals surface area contributed by atoms with Crippen LogP contribution in [0.4, 0.5) is 0 Å². The Bertz CT molecular complexity index is 556. The predicted molar refractivity (Wildman–Crippen MR) is 76.8 cm³/mol. The summed E-state index contributed by atoms with van der Waals surface area (Å²) >= 11 is 0. The molecule has 0 saturated carbocycles. The van der Waals surface area contributed by atoms with Gasteiger partial charge in [-0.1, -0.05) is 37.3 Å². The number of methoxy groups -OCH3 is 1. The summed E-state index contributed by atoms with van der Waals surface area (Å²) in [6, 6.07) is 15.5. The summed E-state index contributed by atoms with van der Waals surface area (Å²) in [6.45, 7) is 2.09. The third-order valence-electron chi connectivity index (χ3n) is 3.18. The van der Waals surface area contributed by atoms with Crippen molar-refractivity contribution in [2.24, 2.45) is 0 Å². The van der Waals surface area contributed by atoms with E-state index in [2.05, 4.69) is 6.92 Å². The predicted octanol–water partition coefficient (Wildman–Crippen LogP) is 3.68. The molecule has 2 heteroatoms. The minimum atomic E-state index is 0.153. The maximum Gasteiger partial charge on any atom is 0.167 e. The third kappa shape index (κ3) is 3.44. The smallest absolute Gasteiger partial charge is 0.167 e. The van der Waals surface area contributed by atoms with E-state index in [1.807, 2.05) is 48.5 Å². The van der Waals surface area contributed by atoms with Crippen LogP contribution in [-0.2, 0) is 12.8 Å². The molecule has 0 unspecified atom stereocenters. The number of carbonyl (C=O) groups is 1. The van der Waals surface area contributed by atoms with Crippen molar-refractivity contribution in [2.45, 2.75) is 19.8 Å². The average Bonchev–Trinajstić information content (AvgIpc) is 2.48. The van der Waals surface area contributed by atoms with Gasteiger partial charge in [0.2, 0.25) is 0 Å². The number of rotatable bonds is 5. The highest BCUT2D eigenvalue weighted by molar-refractivity contribution is 5.97. The molecule has 19 heavy (non-hydrogen) atoms. The number of Topliss-reactive ketones (excluding diaryl/α,β-unsaturated/α-hetero) is 1. The lowest BCUT2D eigenvalue weighted by atomic mass is 10.0. The highest BCUT2D eigenvalue weighted by atomic mass is 16.5. The van der Waals surface area contributed by atoms with E-state index in [9.17, 15) is 4.79 Å². The van der Waals surface area contributed by atoms with Gasteiger partial charge in [0, 0.05) is 12.0 Å². The molecule has 0 spiro atoms. The Balaban J connectivity index is 2.11. The van der Waals surface area contributed by atoms with Gasteiger partial charge in [0.05, 0.1) is 7.11 Å². The first-order chi connectivity index (χ1) is 9.22. The van der Waals surface area contributed by atoms with Crippen molar-refractivity contribution in [1.82, 2.24) is 0 Å². The first kappa shape index (κ1) is 13.3. The van der Waals surface area contributed by atoms with Gasteiger partial charge in [-0.15, -0.1) is 0 Å². The first-order valence-corrected chi connectivity index (χ1v) is 6.48. The van der Waals surface area contributed by atoms with Crippen LogP contribution in [-0.4, -0.2) is 12.9 Å². The van der Waals surface area contributed by atoms with Crippen LogP contribution in [0, 0.1) is 0 Å². The summed E-state index contributed by atoms with van der Waals surface area (Å²) in [5.74, 6) is 0.963. The van der Waals surface area contributed by atoms with Gasteiger partial charge in [-0.05, 0) is 35.7 Å². The summed E-state index contributed by atoms with van der Waals surface area (Å²) in [5.41, 5.74) is 2.99. The molecular formula is C17H18O2. The van der Waals surface area contributed by atoms with Crippen LogP contribution in [0.2, 0.25) is 0 Å². The molecule has 2 nitrogen and oxygen atoms in total. The third-order valence-corrected chi connectivity index (χ3v) is 3.18. The molecule has 2 aromatic carbocycles. The summed E-state index contributed by atoms with van der Waals surface area (Å²) < 4.78 is 5.10. The Kier molecular flexibility index (Phi) is 4.35. The highest BCUT2D eigenvalue weighted by Crippen LogP contribution is 2.14. The monoisotopic (exact) mass is 254 g/mol. The summed E-state index contributed by atoms with van der Waals surface area (Å²) in [4.78, 5) is 12.2. The van der Waals surface area contributed by atoms with E-state index in [1.165, 1.54) is 5.56 Å². The molecule has 0 fully saturated rings. The van der Waals surface area contributed by atoms with Crippen molar-refractivity contribution in [3.8, 4) is 5.75 Å². The van der Waals surface area contributed by atoms with Crippen LogP contribution in [0.5, 0.6) is 5.75 Å². The van der Waals surface area contributed by atoms with Gasteiger partial charge in [-0.25, -0.2) is 0 Å². The maximum atomic E-state index is 12.2. The van der Waals surface area contributed by atoms with Crippen LogP contribution in [0.15, 0.2) is 48.5 Å². The van der Waals surface area contributed by atoms with E-state index in [-0.39, 0.29) is 5.78 Å². The largest absolute Gasteiger partial charge is 0.497 e. The number of carbonyl (C=O) groups excluding carboxylic acids is 1. The molecule has 0 heterocycles. The van der Waals surface area contributed by atoms with E-state index < -0.39 is 0 Å². The summed E-state index contributed by atoms with van der Waals surface area (Å²) in [6.07, 6.45) is 1.38. The fourth-order valence-corrected chi connectivity index (χ4v) is 2.00. The molecule has 0 atom stereocenters. The second-order valence-electron chi connectivity index (χ2n) is 4.50. The fourth-order valence-electron chi connectivity index (χ4n) is 2.00. The lowest BCUT2D eigenvalue weighted by molar-refractivity contribution is 0.0993. The quantitative estimate of drug-likeness (QED) is 0.761. The van der Waals surface area contributed by atoms with Crippen molar-refractivity contribution >= 4 is 5.78 Å². The Hall–Kier alpha value is -2.09. The minimum Gasteiger partial charge on any atom is -0.497 e. The second-order valence-corrected chi connectivity index (χ2v) is 4.50. The number of ketones is 1. The fraction of sp³-hybridized carbons (Fsp3) is 0.235. The van der Waals surface area contributed by atoms with Gasteiger partial charge in [0.25, 0.3) is 0 Å². The molecule has 98 valence electrons. The molecule has 2 aromatic rings. The normalized spacial score (nSPS) is 10.2. The Labute approximate surface area is 114 Å². The molecular weight excluding hydrogens is 236 g/mol. The number of hydrogen-bond donors (Lipinski definition) is 0. The molecule has 2 rings (SSSR count). The van der Waals surface area contributed by atoms with Crippen molar-refractivity contribution in [1.29, 1.82) is 0 Å². The van der Waals surface area contributed by atoms with E-state index in [0.717, 1.165) is 23.3 Å². The van der Waals surface area contributed by atoms with Crippen LogP contribution in [0.1, 0.15) is 28.4 Å². The van der Waals surface area contributed by atoms with Gasteiger partial charge < -0.3 is 4.74 Å².